The molecule has 3 aromatic rings. The first-order valence-electron chi connectivity index (χ1n) is 8.00. The fourth-order valence-electron chi connectivity index (χ4n) is 2.44. The fourth-order valence-corrected chi connectivity index (χ4v) is 3.23. The lowest BCUT2D eigenvalue weighted by Gasteiger charge is -2.14. The number of benzene rings is 1. The Balaban J connectivity index is 1.68. The van der Waals surface area contributed by atoms with E-state index in [0.29, 0.717) is 27.6 Å². The Hall–Kier alpha value is -2.57. The number of nitrogens with one attached hydrogen (secondary N) is 2. The summed E-state index contributed by atoms with van der Waals surface area (Å²) in [4.78, 5) is 25.2. The zero-order valence-electron chi connectivity index (χ0n) is 14.0. The topological polar surface area (TPSA) is 71.3 Å². The highest BCUT2D eigenvalue weighted by Gasteiger charge is 2.15. The molecule has 0 aliphatic heterocycles. The molecular formula is C19H17ClN2O3S. The Labute approximate surface area is 160 Å². The first-order valence-corrected chi connectivity index (χ1v) is 9.26. The van der Waals surface area contributed by atoms with Crippen LogP contribution in [0.5, 0.6) is 0 Å². The summed E-state index contributed by atoms with van der Waals surface area (Å²) < 4.78 is 5.29. The number of hydrogen-bond acceptors (Lipinski definition) is 4. The third kappa shape index (κ3) is 4.53. The van der Waals surface area contributed by atoms with Crippen molar-refractivity contribution >= 4 is 40.4 Å². The molecule has 134 valence electrons. The Morgan fingerprint density at radius 2 is 2.04 bits per heavy atom. The fraction of sp³-hybridized carbons (Fsp3) is 0.158. The predicted octanol–water partition coefficient (Wildman–Crippen LogP) is 4.61. The number of carbonyl (C=O) groups excluding carboxylic acids is 2. The molecule has 1 atom stereocenters. The van der Waals surface area contributed by atoms with Crippen molar-refractivity contribution < 1.29 is 14.0 Å². The van der Waals surface area contributed by atoms with Gasteiger partial charge in [0.05, 0.1) is 21.9 Å². The van der Waals surface area contributed by atoms with Crippen molar-refractivity contribution in [2.75, 3.05) is 5.32 Å². The lowest BCUT2D eigenvalue weighted by atomic mass is 10.1. The van der Waals surface area contributed by atoms with Crippen LogP contribution in [0.2, 0.25) is 5.02 Å². The predicted molar refractivity (Wildman–Crippen MR) is 103 cm³/mol. The minimum Gasteiger partial charge on any atom is -0.469 e. The lowest BCUT2D eigenvalue weighted by molar-refractivity contribution is 0.0938. The highest BCUT2D eigenvalue weighted by atomic mass is 35.5. The van der Waals surface area contributed by atoms with E-state index in [1.165, 1.54) is 11.3 Å². The van der Waals surface area contributed by atoms with Crippen LogP contribution in [-0.4, -0.2) is 17.9 Å². The van der Waals surface area contributed by atoms with Gasteiger partial charge in [0.15, 0.2) is 0 Å². The van der Waals surface area contributed by atoms with E-state index in [1.54, 1.807) is 36.6 Å². The number of thiophene rings is 1. The molecule has 2 heterocycles. The number of amides is 2. The van der Waals surface area contributed by atoms with Crippen molar-refractivity contribution in [3.05, 3.63) is 75.3 Å². The summed E-state index contributed by atoms with van der Waals surface area (Å²) in [6.07, 6.45) is 2.19. The molecule has 7 heteroatoms. The Bertz CT molecular complexity index is 892. The molecule has 0 saturated heterocycles. The standard InChI is InChI=1S/C19H17ClN2O3S/c1-12(10-14-4-2-8-25-14)21-18(23)13-6-7-15(20)16(11-13)22-19(24)17-5-3-9-26-17/h2-9,11-12H,10H2,1H3,(H,21,23)(H,22,24). The van der Waals surface area contributed by atoms with Gasteiger partial charge in [0.2, 0.25) is 0 Å². The van der Waals surface area contributed by atoms with Crippen molar-refractivity contribution in [3.8, 4) is 0 Å². The molecule has 0 aliphatic carbocycles. The normalized spacial score (nSPS) is 11.8. The minimum absolute atomic E-state index is 0.103. The summed E-state index contributed by atoms with van der Waals surface area (Å²) in [5.41, 5.74) is 0.818. The van der Waals surface area contributed by atoms with Gasteiger partial charge in [0.25, 0.3) is 11.8 Å². The zero-order valence-corrected chi connectivity index (χ0v) is 15.6. The largest absolute Gasteiger partial charge is 0.469 e. The SMILES string of the molecule is CC(Cc1ccco1)NC(=O)c1ccc(Cl)c(NC(=O)c2cccs2)c1. The van der Waals surface area contributed by atoms with Crippen LogP contribution in [-0.2, 0) is 6.42 Å². The molecule has 2 amide bonds. The van der Waals surface area contributed by atoms with Crippen LogP contribution in [0.25, 0.3) is 0 Å². The molecule has 0 aliphatic rings. The van der Waals surface area contributed by atoms with E-state index in [1.807, 2.05) is 24.4 Å². The van der Waals surface area contributed by atoms with Crippen LogP contribution in [0, 0.1) is 0 Å². The molecule has 2 aromatic heterocycles. The van der Waals surface area contributed by atoms with Gasteiger partial charge in [0, 0.05) is 18.0 Å². The Morgan fingerprint density at radius 3 is 2.73 bits per heavy atom. The summed E-state index contributed by atoms with van der Waals surface area (Å²) >= 11 is 7.48. The van der Waals surface area contributed by atoms with Crippen LogP contribution in [0.1, 0.15) is 32.7 Å². The minimum atomic E-state index is -0.259. The van der Waals surface area contributed by atoms with Crippen LogP contribution >= 0.6 is 22.9 Å². The molecule has 0 saturated carbocycles. The molecule has 0 radical (unpaired) electrons. The van der Waals surface area contributed by atoms with Gasteiger partial charge in [-0.25, -0.2) is 0 Å². The molecule has 26 heavy (non-hydrogen) atoms. The monoisotopic (exact) mass is 388 g/mol. The summed E-state index contributed by atoms with van der Waals surface area (Å²) in [6.45, 7) is 1.90. The third-order valence-corrected chi connectivity index (χ3v) is 4.88. The van der Waals surface area contributed by atoms with Gasteiger partial charge in [-0.15, -0.1) is 11.3 Å². The van der Waals surface area contributed by atoms with Crippen molar-refractivity contribution in [2.45, 2.75) is 19.4 Å². The Morgan fingerprint density at radius 1 is 1.19 bits per heavy atom. The molecule has 0 bridgehead atoms. The number of rotatable bonds is 6. The number of hydrogen-bond donors (Lipinski definition) is 2. The second-order valence-electron chi connectivity index (χ2n) is 5.78. The molecule has 3 rings (SSSR count). The van der Waals surface area contributed by atoms with Gasteiger partial charge >= 0.3 is 0 Å². The van der Waals surface area contributed by atoms with E-state index in [4.69, 9.17) is 16.0 Å². The van der Waals surface area contributed by atoms with E-state index in [9.17, 15) is 9.59 Å². The number of carbonyl (C=O) groups is 2. The average Bonchev–Trinajstić information content (AvgIpc) is 3.30. The van der Waals surface area contributed by atoms with Crippen molar-refractivity contribution in [1.82, 2.24) is 5.32 Å². The van der Waals surface area contributed by atoms with Crippen molar-refractivity contribution in [1.29, 1.82) is 0 Å². The maximum absolute atomic E-state index is 12.5. The van der Waals surface area contributed by atoms with Gasteiger partial charge in [-0.05, 0) is 48.7 Å². The van der Waals surface area contributed by atoms with Crippen molar-refractivity contribution in [3.63, 3.8) is 0 Å². The molecule has 5 nitrogen and oxygen atoms in total. The van der Waals surface area contributed by atoms with Crippen LogP contribution in [0.15, 0.2) is 58.5 Å². The second kappa shape index (κ2) is 8.21. The molecule has 1 unspecified atom stereocenters. The Kier molecular flexibility index (Phi) is 5.75. The van der Waals surface area contributed by atoms with Gasteiger partial charge in [-0.2, -0.15) is 0 Å². The van der Waals surface area contributed by atoms with Crippen molar-refractivity contribution in [2.24, 2.45) is 0 Å². The summed E-state index contributed by atoms with van der Waals surface area (Å²) in [7, 11) is 0. The number of halogens is 1. The average molecular weight is 389 g/mol. The van der Waals surface area contributed by atoms with Crippen LogP contribution in [0.4, 0.5) is 5.69 Å². The van der Waals surface area contributed by atoms with Crippen LogP contribution < -0.4 is 10.6 Å². The maximum Gasteiger partial charge on any atom is 0.265 e. The summed E-state index contributed by atoms with van der Waals surface area (Å²) in [5.74, 6) is 0.302. The summed E-state index contributed by atoms with van der Waals surface area (Å²) in [5, 5.41) is 7.84. The highest BCUT2D eigenvalue weighted by Crippen LogP contribution is 2.24. The summed E-state index contributed by atoms with van der Waals surface area (Å²) in [6, 6.07) is 11.9. The van der Waals surface area contributed by atoms with Gasteiger partial charge in [0.1, 0.15) is 5.76 Å². The smallest absolute Gasteiger partial charge is 0.265 e. The maximum atomic E-state index is 12.5. The number of furan rings is 1. The van der Waals surface area contributed by atoms with E-state index in [-0.39, 0.29) is 17.9 Å². The van der Waals surface area contributed by atoms with E-state index in [2.05, 4.69) is 10.6 Å². The molecule has 0 fully saturated rings. The third-order valence-electron chi connectivity index (χ3n) is 3.69. The molecular weight excluding hydrogens is 372 g/mol. The first-order chi connectivity index (χ1) is 12.5. The zero-order chi connectivity index (χ0) is 18.5. The van der Waals surface area contributed by atoms with Gasteiger partial charge in [-0.3, -0.25) is 9.59 Å². The van der Waals surface area contributed by atoms with Gasteiger partial charge in [-0.1, -0.05) is 17.7 Å². The quantitative estimate of drug-likeness (QED) is 0.647. The second-order valence-corrected chi connectivity index (χ2v) is 7.14. The molecule has 0 spiro atoms. The van der Waals surface area contributed by atoms with Gasteiger partial charge < -0.3 is 15.1 Å². The lowest BCUT2D eigenvalue weighted by Crippen LogP contribution is -2.34. The number of anilines is 1. The van der Waals surface area contributed by atoms with E-state index >= 15 is 0 Å². The van der Waals surface area contributed by atoms with E-state index < -0.39 is 0 Å². The molecule has 2 N–H and O–H groups in total. The molecule has 1 aromatic carbocycles. The first kappa shape index (κ1) is 18.2. The van der Waals surface area contributed by atoms with Crippen LogP contribution in [0.3, 0.4) is 0 Å². The van der Waals surface area contributed by atoms with E-state index in [0.717, 1.165) is 5.76 Å². The highest BCUT2D eigenvalue weighted by molar-refractivity contribution is 7.12.